The normalized spacial score (nSPS) is 42.4. The van der Waals surface area contributed by atoms with Crippen molar-refractivity contribution in [3.63, 3.8) is 0 Å². The zero-order valence-corrected chi connectivity index (χ0v) is 17.3. The molecular formula is C25H42. The highest BCUT2D eigenvalue weighted by Crippen LogP contribution is 2.44. The molecule has 0 heteroatoms. The summed E-state index contributed by atoms with van der Waals surface area (Å²) in [4.78, 5) is 0. The predicted octanol–water partition coefficient (Wildman–Crippen LogP) is 7.62. The summed E-state index contributed by atoms with van der Waals surface area (Å²) in [7, 11) is 0. The summed E-state index contributed by atoms with van der Waals surface area (Å²) in [5, 5.41) is 0. The van der Waals surface area contributed by atoms with Crippen LogP contribution in [0.5, 0.6) is 0 Å². The van der Waals surface area contributed by atoms with Crippen LogP contribution in [0.1, 0.15) is 111 Å². The quantitative estimate of drug-likeness (QED) is 0.461. The minimum atomic E-state index is 0.334. The fourth-order valence-corrected chi connectivity index (χ4v) is 6.19. The van der Waals surface area contributed by atoms with Gasteiger partial charge in [-0.05, 0) is 82.0 Å². The summed E-state index contributed by atoms with van der Waals surface area (Å²) in [6.45, 7) is 6.84. The van der Waals surface area contributed by atoms with Crippen LogP contribution in [0.2, 0.25) is 0 Å². The minimum absolute atomic E-state index is 0.334. The lowest BCUT2D eigenvalue weighted by Crippen LogP contribution is -2.26. The maximum Gasteiger partial charge on any atom is 0.0286 e. The summed E-state index contributed by atoms with van der Waals surface area (Å²) in [5.74, 6) is 11.9. The molecule has 0 radical (unpaired) electrons. The van der Waals surface area contributed by atoms with Gasteiger partial charge in [0.25, 0.3) is 0 Å². The van der Waals surface area contributed by atoms with Crippen molar-refractivity contribution in [1.82, 2.24) is 0 Å². The molecule has 3 aliphatic carbocycles. The predicted molar refractivity (Wildman–Crippen MR) is 109 cm³/mol. The van der Waals surface area contributed by atoms with Crippen molar-refractivity contribution in [2.45, 2.75) is 111 Å². The van der Waals surface area contributed by atoms with E-state index in [-0.39, 0.29) is 0 Å². The first-order valence-corrected chi connectivity index (χ1v) is 11.5. The standard InChI is InChI=1S/C25H42/c1-4-15-25(3)16-13-24(14-17-25)19-23-11-9-22(10-12-23)18-21-7-5-20(2)6-8-21/h20-24H,5-14,16-19H2,1-3H3. The second kappa shape index (κ2) is 8.97. The van der Waals surface area contributed by atoms with Gasteiger partial charge in [-0.2, -0.15) is 0 Å². The van der Waals surface area contributed by atoms with E-state index >= 15 is 0 Å². The summed E-state index contributed by atoms with van der Waals surface area (Å²) in [6.07, 6.45) is 20.9. The van der Waals surface area contributed by atoms with Gasteiger partial charge >= 0.3 is 0 Å². The van der Waals surface area contributed by atoms with Gasteiger partial charge in [-0.25, -0.2) is 0 Å². The lowest BCUT2D eigenvalue weighted by molar-refractivity contribution is 0.157. The van der Waals surface area contributed by atoms with Crippen molar-refractivity contribution >= 4 is 0 Å². The van der Waals surface area contributed by atoms with Crippen LogP contribution in [0.3, 0.4) is 0 Å². The highest BCUT2D eigenvalue weighted by atomic mass is 14.4. The lowest BCUT2D eigenvalue weighted by atomic mass is 9.68. The second-order valence-corrected chi connectivity index (χ2v) is 10.4. The van der Waals surface area contributed by atoms with E-state index in [9.17, 15) is 0 Å². The molecule has 0 aromatic carbocycles. The molecule has 0 nitrogen and oxygen atoms in total. The van der Waals surface area contributed by atoms with Crippen LogP contribution in [0.15, 0.2) is 0 Å². The molecule has 3 rings (SSSR count). The van der Waals surface area contributed by atoms with Gasteiger partial charge in [0.1, 0.15) is 0 Å². The van der Waals surface area contributed by atoms with Crippen LogP contribution in [0.4, 0.5) is 0 Å². The molecule has 3 aliphatic rings. The fourth-order valence-electron chi connectivity index (χ4n) is 6.19. The molecule has 0 spiro atoms. The van der Waals surface area contributed by atoms with E-state index in [2.05, 4.69) is 25.7 Å². The summed E-state index contributed by atoms with van der Waals surface area (Å²) in [6, 6.07) is 0. The third-order valence-corrected chi connectivity index (χ3v) is 8.07. The Balaban J connectivity index is 1.33. The number of hydrogen-bond donors (Lipinski definition) is 0. The molecule has 0 unspecified atom stereocenters. The monoisotopic (exact) mass is 342 g/mol. The van der Waals surface area contributed by atoms with Gasteiger partial charge in [-0.1, -0.05) is 64.2 Å². The van der Waals surface area contributed by atoms with Crippen molar-refractivity contribution < 1.29 is 0 Å². The van der Waals surface area contributed by atoms with Crippen molar-refractivity contribution in [1.29, 1.82) is 0 Å². The maximum atomic E-state index is 3.48. The fraction of sp³-hybridized carbons (Fsp3) is 0.920. The van der Waals surface area contributed by atoms with Crippen LogP contribution in [-0.4, -0.2) is 0 Å². The Hall–Kier alpha value is -0.440. The molecule has 0 aliphatic heterocycles. The summed E-state index contributed by atoms with van der Waals surface area (Å²) >= 11 is 0. The van der Waals surface area contributed by atoms with E-state index in [1.54, 1.807) is 19.3 Å². The smallest absolute Gasteiger partial charge is 0.0286 e. The SMILES string of the molecule is CC#CC1(C)CCC(CC2CCC(CC3CCC(C)CC3)CC2)CC1. The molecule has 25 heavy (non-hydrogen) atoms. The van der Waals surface area contributed by atoms with Crippen molar-refractivity contribution in [3.05, 3.63) is 0 Å². The molecule has 0 bridgehead atoms. The minimum Gasteiger partial charge on any atom is -0.106 e. The Kier molecular flexibility index (Phi) is 6.93. The molecule has 3 fully saturated rings. The van der Waals surface area contributed by atoms with E-state index in [1.165, 1.54) is 70.6 Å². The summed E-state index contributed by atoms with van der Waals surface area (Å²) in [5.41, 5.74) is 0.334. The topological polar surface area (TPSA) is 0 Å². The molecule has 0 aromatic rings. The molecule has 3 saturated carbocycles. The largest absolute Gasteiger partial charge is 0.106 e. The van der Waals surface area contributed by atoms with Crippen LogP contribution < -0.4 is 0 Å². The van der Waals surface area contributed by atoms with E-state index in [0.29, 0.717) is 5.41 Å². The molecule has 0 saturated heterocycles. The number of hydrogen-bond acceptors (Lipinski definition) is 0. The highest BCUT2D eigenvalue weighted by Gasteiger charge is 2.32. The van der Waals surface area contributed by atoms with Gasteiger partial charge in [0, 0.05) is 5.41 Å². The van der Waals surface area contributed by atoms with Gasteiger partial charge in [0.15, 0.2) is 0 Å². The van der Waals surface area contributed by atoms with E-state index in [4.69, 9.17) is 0 Å². The molecule has 0 aromatic heterocycles. The zero-order valence-electron chi connectivity index (χ0n) is 17.3. The summed E-state index contributed by atoms with van der Waals surface area (Å²) < 4.78 is 0. The molecule has 142 valence electrons. The molecule has 0 amide bonds. The van der Waals surface area contributed by atoms with E-state index < -0.39 is 0 Å². The van der Waals surface area contributed by atoms with E-state index in [0.717, 1.165) is 29.6 Å². The third-order valence-electron chi connectivity index (χ3n) is 8.07. The van der Waals surface area contributed by atoms with Crippen molar-refractivity contribution in [2.24, 2.45) is 35.0 Å². The van der Waals surface area contributed by atoms with Crippen LogP contribution in [-0.2, 0) is 0 Å². The Morgan fingerprint density at radius 3 is 1.52 bits per heavy atom. The highest BCUT2D eigenvalue weighted by molar-refractivity contribution is 5.10. The number of rotatable bonds is 4. The van der Waals surface area contributed by atoms with Gasteiger partial charge < -0.3 is 0 Å². The first kappa shape index (κ1) is 19.3. The second-order valence-electron chi connectivity index (χ2n) is 10.4. The van der Waals surface area contributed by atoms with Crippen LogP contribution in [0.25, 0.3) is 0 Å². The molecule has 0 atom stereocenters. The van der Waals surface area contributed by atoms with Crippen molar-refractivity contribution in [3.8, 4) is 11.8 Å². The Labute approximate surface area is 157 Å². The molecule has 0 heterocycles. The Bertz CT molecular complexity index is 440. The zero-order chi connectivity index (χ0) is 17.7. The third kappa shape index (κ3) is 5.77. The average Bonchev–Trinajstić information content (AvgIpc) is 2.61. The lowest BCUT2D eigenvalue weighted by Gasteiger charge is -2.37. The first-order valence-electron chi connectivity index (χ1n) is 11.5. The Morgan fingerprint density at radius 1 is 0.680 bits per heavy atom. The molecular weight excluding hydrogens is 300 g/mol. The first-order chi connectivity index (χ1) is 12.1. The van der Waals surface area contributed by atoms with Gasteiger partial charge in [0.05, 0.1) is 0 Å². The average molecular weight is 343 g/mol. The maximum absolute atomic E-state index is 3.48. The van der Waals surface area contributed by atoms with Gasteiger partial charge in [-0.15, -0.1) is 5.92 Å². The van der Waals surface area contributed by atoms with Crippen LogP contribution in [0, 0.1) is 46.8 Å². The van der Waals surface area contributed by atoms with Crippen molar-refractivity contribution in [2.75, 3.05) is 0 Å². The van der Waals surface area contributed by atoms with E-state index in [1.807, 2.05) is 6.92 Å². The van der Waals surface area contributed by atoms with Crippen LogP contribution >= 0.6 is 0 Å². The van der Waals surface area contributed by atoms with Gasteiger partial charge in [-0.3, -0.25) is 0 Å². The molecule has 0 N–H and O–H groups in total. The Morgan fingerprint density at radius 2 is 1.08 bits per heavy atom. The van der Waals surface area contributed by atoms with Gasteiger partial charge in [0.2, 0.25) is 0 Å².